The van der Waals surface area contributed by atoms with Gasteiger partial charge in [-0.3, -0.25) is 4.79 Å². The van der Waals surface area contributed by atoms with Crippen molar-refractivity contribution >= 4 is 15.7 Å². The summed E-state index contributed by atoms with van der Waals surface area (Å²) in [6.07, 6.45) is 3.45. The summed E-state index contributed by atoms with van der Waals surface area (Å²) in [6, 6.07) is 1.81. The summed E-state index contributed by atoms with van der Waals surface area (Å²) in [5.74, 6) is 0.824. The van der Waals surface area contributed by atoms with Crippen LogP contribution in [0.5, 0.6) is 0 Å². The summed E-state index contributed by atoms with van der Waals surface area (Å²) in [6.45, 7) is 3.36. The first kappa shape index (κ1) is 24.5. The lowest BCUT2D eigenvalue weighted by molar-refractivity contribution is -0.141. The molecule has 184 valence electrons. The van der Waals surface area contributed by atoms with Crippen LogP contribution in [0.1, 0.15) is 86.5 Å². The maximum Gasteiger partial charge on any atom is 0.433 e. The molecule has 0 aliphatic heterocycles. The van der Waals surface area contributed by atoms with Crippen molar-refractivity contribution in [3.8, 4) is 0 Å². The number of nitrogens with one attached hydrogen (secondary N) is 1. The second-order valence-electron chi connectivity index (χ2n) is 10.5. The van der Waals surface area contributed by atoms with Gasteiger partial charge in [-0.15, -0.1) is 0 Å². The maximum absolute atomic E-state index is 12.9. The molecule has 1 heterocycles. The first-order valence-corrected chi connectivity index (χ1v) is 13.7. The summed E-state index contributed by atoms with van der Waals surface area (Å²) in [5, 5.41) is 2.73. The van der Waals surface area contributed by atoms with Crippen molar-refractivity contribution in [2.75, 3.05) is 5.75 Å². The molecule has 9 heteroatoms. The molecule has 1 N–H and O–H groups in total. The van der Waals surface area contributed by atoms with Gasteiger partial charge >= 0.3 is 6.18 Å². The van der Waals surface area contributed by atoms with Gasteiger partial charge in [0.25, 0.3) is 5.91 Å². The van der Waals surface area contributed by atoms with Gasteiger partial charge in [0.15, 0.2) is 9.84 Å². The zero-order valence-corrected chi connectivity index (χ0v) is 20.1. The van der Waals surface area contributed by atoms with E-state index >= 15 is 0 Å². The molecular weight excluding hydrogens is 453 g/mol. The van der Waals surface area contributed by atoms with Gasteiger partial charge in [-0.1, -0.05) is 12.8 Å². The number of alkyl halides is 3. The number of aryl methyl sites for hydroxylation is 1. The van der Waals surface area contributed by atoms with Crippen LogP contribution in [0.25, 0.3) is 0 Å². The first-order chi connectivity index (χ1) is 15.4. The lowest BCUT2D eigenvalue weighted by atomic mass is 9.66. The molecule has 5 nitrogen and oxygen atoms in total. The predicted molar refractivity (Wildman–Crippen MR) is 119 cm³/mol. The van der Waals surface area contributed by atoms with Crippen molar-refractivity contribution < 1.29 is 26.4 Å². The second kappa shape index (κ2) is 8.86. The molecule has 3 fully saturated rings. The number of aromatic nitrogens is 1. The number of nitrogens with zero attached hydrogens (tertiary/aromatic N) is 1. The van der Waals surface area contributed by atoms with E-state index in [-0.39, 0.29) is 28.0 Å². The number of halogens is 3. The highest BCUT2D eigenvalue weighted by atomic mass is 32.2. The van der Waals surface area contributed by atoms with Crippen LogP contribution in [0.15, 0.2) is 12.1 Å². The second-order valence-corrected chi connectivity index (χ2v) is 12.8. The van der Waals surface area contributed by atoms with E-state index in [0.29, 0.717) is 30.4 Å². The highest BCUT2D eigenvalue weighted by Crippen LogP contribution is 2.51. The van der Waals surface area contributed by atoms with Gasteiger partial charge in [-0.25, -0.2) is 13.4 Å². The molecule has 1 unspecified atom stereocenters. The van der Waals surface area contributed by atoms with Crippen LogP contribution >= 0.6 is 0 Å². The Bertz CT molecular complexity index is 993. The quantitative estimate of drug-likeness (QED) is 0.556. The third-order valence-electron chi connectivity index (χ3n) is 7.88. The summed E-state index contributed by atoms with van der Waals surface area (Å²) in [5.41, 5.74) is -1.02. The molecule has 3 saturated carbocycles. The fraction of sp³-hybridized carbons (Fsp3) is 0.750. The Hall–Kier alpha value is -1.64. The largest absolute Gasteiger partial charge is 0.433 e. The molecule has 0 bridgehead atoms. The number of sulfone groups is 1. The zero-order valence-electron chi connectivity index (χ0n) is 19.2. The monoisotopic (exact) mass is 486 g/mol. The lowest BCUT2D eigenvalue weighted by Gasteiger charge is -2.45. The Morgan fingerprint density at radius 3 is 2.24 bits per heavy atom. The van der Waals surface area contributed by atoms with Gasteiger partial charge in [-0.05, 0) is 88.2 Å². The minimum atomic E-state index is -4.56. The molecular formula is C24H33F3N2O3S. The number of pyridine rings is 1. The Kier molecular flexibility index (Phi) is 6.57. The molecule has 0 saturated heterocycles. The first-order valence-electron chi connectivity index (χ1n) is 12.0. The molecule has 1 aromatic heterocycles. The minimum absolute atomic E-state index is 0.0423. The average molecular weight is 487 g/mol. The molecule has 3 aliphatic rings. The number of hydrogen-bond donors (Lipinski definition) is 1. The summed E-state index contributed by atoms with van der Waals surface area (Å²) < 4.78 is 64.3. The topological polar surface area (TPSA) is 76.1 Å². The number of carbonyl (C=O) groups excluding carboxylic acids is 1. The van der Waals surface area contributed by atoms with E-state index in [1.807, 2.05) is 6.92 Å². The smallest absolute Gasteiger partial charge is 0.349 e. The van der Waals surface area contributed by atoms with Crippen molar-refractivity contribution in [1.82, 2.24) is 10.3 Å². The van der Waals surface area contributed by atoms with Crippen LogP contribution in [0, 0.1) is 24.2 Å². The molecule has 4 rings (SSSR count). The van der Waals surface area contributed by atoms with Crippen molar-refractivity contribution in [3.05, 3.63) is 29.1 Å². The van der Waals surface area contributed by atoms with Crippen LogP contribution in [-0.4, -0.2) is 36.4 Å². The fourth-order valence-corrected chi connectivity index (χ4v) is 7.59. The summed E-state index contributed by atoms with van der Waals surface area (Å²) >= 11 is 0. The molecule has 33 heavy (non-hydrogen) atoms. The van der Waals surface area contributed by atoms with Crippen molar-refractivity contribution in [2.24, 2.45) is 17.3 Å². The normalized spacial score (nSPS) is 27.2. The van der Waals surface area contributed by atoms with Crippen LogP contribution < -0.4 is 5.32 Å². The average Bonchev–Trinajstić information content (AvgIpc) is 3.65. The van der Waals surface area contributed by atoms with Crippen LogP contribution in [0.4, 0.5) is 13.2 Å². The Labute approximate surface area is 193 Å². The Morgan fingerprint density at radius 1 is 1.12 bits per heavy atom. The Morgan fingerprint density at radius 2 is 1.73 bits per heavy atom. The molecule has 1 amide bonds. The van der Waals surface area contributed by atoms with E-state index in [4.69, 9.17) is 0 Å². The van der Waals surface area contributed by atoms with Crippen molar-refractivity contribution in [3.63, 3.8) is 0 Å². The zero-order chi connectivity index (χ0) is 24.0. The minimum Gasteiger partial charge on any atom is -0.349 e. The molecule has 0 aromatic carbocycles. The van der Waals surface area contributed by atoms with E-state index in [1.54, 1.807) is 0 Å². The van der Waals surface area contributed by atoms with Crippen molar-refractivity contribution in [1.29, 1.82) is 0 Å². The van der Waals surface area contributed by atoms with Crippen LogP contribution in [0.3, 0.4) is 0 Å². The van der Waals surface area contributed by atoms with Crippen LogP contribution in [-0.2, 0) is 16.0 Å². The number of amides is 1. The van der Waals surface area contributed by atoms with Crippen molar-refractivity contribution in [2.45, 2.75) is 89.1 Å². The van der Waals surface area contributed by atoms with Gasteiger partial charge < -0.3 is 5.32 Å². The van der Waals surface area contributed by atoms with Gasteiger partial charge in [0.1, 0.15) is 5.69 Å². The highest BCUT2D eigenvalue weighted by Gasteiger charge is 2.46. The van der Waals surface area contributed by atoms with Crippen LogP contribution in [0.2, 0.25) is 0 Å². The third kappa shape index (κ3) is 5.72. The third-order valence-corrected chi connectivity index (χ3v) is 10.3. The lowest BCUT2D eigenvalue weighted by Crippen LogP contribution is -2.49. The van der Waals surface area contributed by atoms with E-state index in [1.165, 1.54) is 13.0 Å². The number of rotatable bonds is 8. The molecule has 3 aliphatic carbocycles. The SMILES string of the molecule is Cc1nc(C(F)(F)F)ccc1C(=O)NC(C)C1(CC2CC2)CCC(S(=O)(=O)CC2CC2)CC1. The van der Waals surface area contributed by atoms with Gasteiger partial charge in [0.05, 0.1) is 22.3 Å². The molecule has 1 aromatic rings. The molecule has 0 spiro atoms. The molecule has 1 atom stereocenters. The van der Waals surface area contributed by atoms with Gasteiger partial charge in [0.2, 0.25) is 0 Å². The van der Waals surface area contributed by atoms with E-state index < -0.39 is 27.6 Å². The summed E-state index contributed by atoms with van der Waals surface area (Å²) in [7, 11) is -3.08. The fourth-order valence-electron chi connectivity index (χ4n) is 5.37. The predicted octanol–water partition coefficient (Wildman–Crippen LogP) is 5.08. The number of hydrogen-bond acceptors (Lipinski definition) is 4. The highest BCUT2D eigenvalue weighted by molar-refractivity contribution is 7.92. The van der Waals surface area contributed by atoms with E-state index in [2.05, 4.69) is 10.3 Å². The summed E-state index contributed by atoms with van der Waals surface area (Å²) in [4.78, 5) is 16.5. The van der Waals surface area contributed by atoms with Gasteiger partial charge in [0, 0.05) is 6.04 Å². The van der Waals surface area contributed by atoms with Gasteiger partial charge in [-0.2, -0.15) is 13.2 Å². The van der Waals surface area contributed by atoms with E-state index in [9.17, 15) is 26.4 Å². The van der Waals surface area contributed by atoms with E-state index in [0.717, 1.165) is 51.0 Å². The number of carbonyl (C=O) groups is 1. The Balaban J connectivity index is 1.45. The maximum atomic E-state index is 12.9. The molecule has 0 radical (unpaired) electrons. The standard InChI is InChI=1S/C24H33F3N2O3S/c1-15-20(7-8-21(28-15)24(25,26)27)22(30)29-16(2)23(13-17-3-4-17)11-9-19(10-12-23)33(31,32)14-18-5-6-18/h7-8,16-19H,3-6,9-14H2,1-2H3,(H,29,30).